The van der Waals surface area contributed by atoms with Gasteiger partial charge in [0.15, 0.2) is 0 Å². The van der Waals surface area contributed by atoms with Crippen molar-refractivity contribution in [2.24, 2.45) is 17.8 Å². The Morgan fingerprint density at radius 2 is 2.11 bits per heavy atom. The number of benzene rings is 1. The number of para-hydroxylation sites is 1. The molecule has 3 aliphatic rings. The largest absolute Gasteiger partial charge is 0.469 e. The summed E-state index contributed by atoms with van der Waals surface area (Å²) in [7, 11) is 1.43. The summed E-state index contributed by atoms with van der Waals surface area (Å²) in [6.45, 7) is 2.01. The number of aliphatic hydroxyl groups excluding tert-OH is 1. The highest BCUT2D eigenvalue weighted by Gasteiger charge is 2.52. The third-order valence-electron chi connectivity index (χ3n) is 7.04. The van der Waals surface area contributed by atoms with Gasteiger partial charge < -0.3 is 14.8 Å². The summed E-state index contributed by atoms with van der Waals surface area (Å²) >= 11 is 3.80. The van der Waals surface area contributed by atoms with E-state index in [9.17, 15) is 9.90 Å². The van der Waals surface area contributed by atoms with E-state index in [1.165, 1.54) is 29.3 Å². The van der Waals surface area contributed by atoms with Gasteiger partial charge in [0, 0.05) is 34.5 Å². The van der Waals surface area contributed by atoms with Gasteiger partial charge in [-0.15, -0.1) is 0 Å². The van der Waals surface area contributed by atoms with Gasteiger partial charge in [0.05, 0.1) is 25.2 Å². The lowest BCUT2D eigenvalue weighted by Crippen LogP contribution is -2.56. The summed E-state index contributed by atoms with van der Waals surface area (Å²) in [5.74, 6) is -0.201. The summed E-state index contributed by atoms with van der Waals surface area (Å²) in [6, 6.07) is 8.78. The Kier molecular flexibility index (Phi) is 4.33. The van der Waals surface area contributed by atoms with E-state index in [1.807, 2.05) is 0 Å². The van der Waals surface area contributed by atoms with E-state index in [2.05, 4.69) is 50.1 Å². The molecule has 0 unspecified atom stereocenters. The lowest BCUT2D eigenvalue weighted by Gasteiger charge is -2.52. The fourth-order valence-electron chi connectivity index (χ4n) is 5.79. The second-order valence-electron chi connectivity index (χ2n) is 8.25. The molecule has 5 nitrogen and oxygen atoms in total. The lowest BCUT2D eigenvalue weighted by atomic mass is 9.65. The normalized spacial score (nSPS) is 36.0. The number of hydrogen-bond acceptors (Lipinski definition) is 4. The van der Waals surface area contributed by atoms with Crippen molar-refractivity contribution in [3.8, 4) is 0 Å². The van der Waals surface area contributed by atoms with Gasteiger partial charge in [-0.2, -0.15) is 0 Å². The number of carbonyl (C=O) groups is 1. The number of nitrogens with zero attached hydrogens (tertiary/aromatic N) is 1. The van der Waals surface area contributed by atoms with Gasteiger partial charge in [-0.05, 0) is 42.7 Å². The highest BCUT2D eigenvalue weighted by Crippen LogP contribution is 2.50. The van der Waals surface area contributed by atoms with E-state index in [1.54, 1.807) is 0 Å². The molecule has 1 aromatic carbocycles. The van der Waals surface area contributed by atoms with Crippen molar-refractivity contribution in [2.75, 3.05) is 20.2 Å². The van der Waals surface area contributed by atoms with Crippen molar-refractivity contribution in [3.63, 3.8) is 0 Å². The van der Waals surface area contributed by atoms with E-state index in [0.29, 0.717) is 12.3 Å². The number of nitrogens with one attached hydrogen (secondary N) is 1. The number of methoxy groups -OCH3 is 1. The molecule has 2 aliphatic heterocycles. The zero-order valence-electron chi connectivity index (χ0n) is 15.4. The fourth-order valence-corrected chi connectivity index (χ4v) is 6.74. The molecule has 1 saturated heterocycles. The molecule has 1 aromatic heterocycles. The lowest BCUT2D eigenvalue weighted by molar-refractivity contribution is -0.159. The number of piperidine rings is 1. The number of alkyl halides is 1. The van der Waals surface area contributed by atoms with Crippen LogP contribution in [0.4, 0.5) is 0 Å². The number of aromatic nitrogens is 1. The highest BCUT2D eigenvalue weighted by molar-refractivity contribution is 9.09. The summed E-state index contributed by atoms with van der Waals surface area (Å²) in [5.41, 5.74) is 3.92. The number of aliphatic hydroxyl groups is 1. The van der Waals surface area contributed by atoms with Crippen LogP contribution in [0.3, 0.4) is 0 Å². The van der Waals surface area contributed by atoms with Crippen LogP contribution in [0.5, 0.6) is 0 Å². The number of carbonyl (C=O) groups excluding carboxylic acids is 1. The van der Waals surface area contributed by atoms with Gasteiger partial charge in [-0.3, -0.25) is 9.69 Å². The molecule has 5 rings (SSSR count). The molecule has 6 atom stereocenters. The molecule has 0 amide bonds. The number of H-pyrrole nitrogens is 1. The average Bonchev–Trinajstić information content (AvgIpc) is 3.06. The van der Waals surface area contributed by atoms with E-state index < -0.39 is 12.0 Å². The Morgan fingerprint density at radius 3 is 2.93 bits per heavy atom. The van der Waals surface area contributed by atoms with Crippen LogP contribution in [0.15, 0.2) is 24.3 Å². The number of fused-ring (bicyclic) bond motifs is 6. The minimum Gasteiger partial charge on any atom is -0.469 e. The molecule has 0 radical (unpaired) electrons. The molecular formula is C21H25BrN2O3. The minimum atomic E-state index is -0.639. The number of esters is 1. The maximum Gasteiger partial charge on any atom is 0.311 e. The summed E-state index contributed by atoms with van der Waals surface area (Å²) in [4.78, 5) is 18.9. The quantitative estimate of drug-likeness (QED) is 0.536. The van der Waals surface area contributed by atoms with Gasteiger partial charge in [0.1, 0.15) is 0 Å². The summed E-state index contributed by atoms with van der Waals surface area (Å²) in [5, 5.41) is 12.0. The van der Waals surface area contributed by atoms with Crippen molar-refractivity contribution < 1.29 is 14.6 Å². The van der Waals surface area contributed by atoms with Crippen LogP contribution in [0.25, 0.3) is 10.9 Å². The number of aromatic amines is 1. The van der Waals surface area contributed by atoms with Crippen molar-refractivity contribution in [1.29, 1.82) is 0 Å². The minimum absolute atomic E-state index is 0.129. The molecule has 0 spiro atoms. The third kappa shape index (κ3) is 2.68. The van der Waals surface area contributed by atoms with Crippen LogP contribution in [-0.4, -0.2) is 52.1 Å². The topological polar surface area (TPSA) is 65.6 Å². The first-order chi connectivity index (χ1) is 13.1. The van der Waals surface area contributed by atoms with Crippen molar-refractivity contribution in [2.45, 2.75) is 36.2 Å². The smallest absolute Gasteiger partial charge is 0.311 e. The first kappa shape index (κ1) is 17.7. The second-order valence-corrected chi connectivity index (χ2v) is 9.43. The van der Waals surface area contributed by atoms with Gasteiger partial charge in [-0.1, -0.05) is 34.1 Å². The molecule has 1 saturated carbocycles. The van der Waals surface area contributed by atoms with Crippen LogP contribution >= 0.6 is 15.9 Å². The number of ether oxygens (including phenoxy) is 1. The third-order valence-corrected chi connectivity index (χ3v) is 8.09. The molecule has 27 heavy (non-hydrogen) atoms. The predicted molar refractivity (Wildman–Crippen MR) is 107 cm³/mol. The molecule has 6 heteroatoms. The van der Waals surface area contributed by atoms with Gasteiger partial charge in [0.25, 0.3) is 0 Å². The van der Waals surface area contributed by atoms with E-state index >= 15 is 0 Å². The number of rotatable bonds is 1. The molecular weight excluding hydrogens is 408 g/mol. The Labute approximate surface area is 167 Å². The van der Waals surface area contributed by atoms with E-state index in [4.69, 9.17) is 4.74 Å². The zero-order valence-corrected chi connectivity index (χ0v) is 17.0. The Balaban J connectivity index is 1.54. The summed E-state index contributed by atoms with van der Waals surface area (Å²) in [6.07, 6.45) is 1.91. The Hall–Kier alpha value is -1.37. The van der Waals surface area contributed by atoms with Crippen LogP contribution in [0.2, 0.25) is 0 Å². The second kappa shape index (κ2) is 6.61. The maximum absolute atomic E-state index is 12.5. The monoisotopic (exact) mass is 432 g/mol. The van der Waals surface area contributed by atoms with Gasteiger partial charge in [-0.25, -0.2) is 0 Å². The molecule has 2 fully saturated rings. The molecule has 144 valence electrons. The van der Waals surface area contributed by atoms with Crippen molar-refractivity contribution >= 4 is 32.8 Å². The first-order valence-corrected chi connectivity index (χ1v) is 10.7. The zero-order chi connectivity index (χ0) is 18.7. The molecule has 3 heterocycles. The fraction of sp³-hybridized carbons (Fsp3) is 0.571. The van der Waals surface area contributed by atoms with Gasteiger partial charge in [0.2, 0.25) is 0 Å². The van der Waals surface area contributed by atoms with E-state index in [-0.39, 0.29) is 22.8 Å². The molecule has 1 aliphatic carbocycles. The van der Waals surface area contributed by atoms with E-state index in [0.717, 1.165) is 25.9 Å². The van der Waals surface area contributed by atoms with Crippen LogP contribution < -0.4 is 0 Å². The predicted octanol–water partition coefficient (Wildman–Crippen LogP) is 3.02. The first-order valence-electron chi connectivity index (χ1n) is 9.82. The standard InChI is InChI=1S/C21H25BrN2O3/c1-27-21(26)19-13-8-17-20-12(11-4-2-3-5-16(11)23-20)6-7-24(17)10-14(13)15(22)9-18(19)25/h2-5,13-15,17-19,23,25H,6-10H2,1H3/t13-,14-,15+,17-,18-,19+/m0/s1. The average molecular weight is 433 g/mol. The highest BCUT2D eigenvalue weighted by atomic mass is 79.9. The maximum atomic E-state index is 12.5. The van der Waals surface area contributed by atoms with Crippen LogP contribution in [-0.2, 0) is 16.0 Å². The molecule has 2 aromatic rings. The molecule has 0 bridgehead atoms. The molecule has 2 N–H and O–H groups in total. The number of halogens is 1. The van der Waals surface area contributed by atoms with Gasteiger partial charge >= 0.3 is 5.97 Å². The summed E-state index contributed by atoms with van der Waals surface area (Å²) < 4.78 is 5.06. The van der Waals surface area contributed by atoms with Crippen LogP contribution in [0, 0.1) is 17.8 Å². The Bertz CT molecular complexity index is 881. The Morgan fingerprint density at radius 1 is 1.30 bits per heavy atom. The SMILES string of the molecule is COC(=O)[C@@H]1[C@H]2C[C@H]3c4[nH]c5ccccc5c4CCN3C[C@@H]2[C@H](Br)C[C@@H]1O. The van der Waals surface area contributed by atoms with Crippen molar-refractivity contribution in [1.82, 2.24) is 9.88 Å². The van der Waals surface area contributed by atoms with Crippen LogP contribution in [0.1, 0.15) is 30.1 Å². The number of hydrogen-bond donors (Lipinski definition) is 2. The van der Waals surface area contributed by atoms with Crippen molar-refractivity contribution in [3.05, 3.63) is 35.5 Å².